The molecule has 0 unspecified atom stereocenters. The number of nitrogens with zero attached hydrogens (tertiary/aromatic N) is 2. The van der Waals surface area contributed by atoms with Crippen LogP contribution in [0.2, 0.25) is 0 Å². The van der Waals surface area contributed by atoms with E-state index in [1.165, 1.54) is 6.08 Å². The highest BCUT2D eigenvalue weighted by atomic mass is 16.2. The number of rotatable bonds is 4. The summed E-state index contributed by atoms with van der Waals surface area (Å²) in [5.41, 5.74) is 1.90. The van der Waals surface area contributed by atoms with Gasteiger partial charge in [-0.25, -0.2) is 4.79 Å². The monoisotopic (exact) mass is 266 g/mol. The molecule has 0 saturated carbocycles. The van der Waals surface area contributed by atoms with Crippen LogP contribution in [0.4, 0.5) is 11.4 Å². The first-order valence-electron chi connectivity index (χ1n) is 6.31. The molecule has 0 spiro atoms. The second-order valence-corrected chi connectivity index (χ2v) is 4.13. The molecular weight excluding hydrogens is 252 g/mol. The fraction of sp³-hybridized carbons (Fsp3) is 0.125. The van der Waals surface area contributed by atoms with Crippen LogP contribution in [-0.4, -0.2) is 18.5 Å². The van der Waals surface area contributed by atoms with Crippen LogP contribution >= 0.6 is 0 Å². The summed E-state index contributed by atoms with van der Waals surface area (Å²) >= 11 is 0. The van der Waals surface area contributed by atoms with Crippen molar-refractivity contribution in [1.82, 2.24) is 0 Å². The lowest BCUT2D eigenvalue weighted by Gasteiger charge is -2.21. The summed E-state index contributed by atoms with van der Waals surface area (Å²) in [5.74, 6) is -0.0830. The number of carbonyl (C=O) groups is 1. The standard InChI is InChI=1S/C16H14N2O2/c1-2-18(15-6-4-3-5-7-15)16(20)13-8-10-14(11-9-13)17-12-19/h3-11H,2H2,1H3. The van der Waals surface area contributed by atoms with Crippen molar-refractivity contribution < 1.29 is 9.59 Å². The number of hydrogen-bond acceptors (Lipinski definition) is 3. The van der Waals surface area contributed by atoms with Gasteiger partial charge < -0.3 is 4.90 Å². The van der Waals surface area contributed by atoms with Gasteiger partial charge in [0.15, 0.2) is 0 Å². The second kappa shape index (κ2) is 6.45. The zero-order valence-electron chi connectivity index (χ0n) is 11.1. The molecule has 0 heterocycles. The molecule has 1 amide bonds. The zero-order valence-corrected chi connectivity index (χ0v) is 11.1. The number of carbonyl (C=O) groups excluding carboxylic acids is 2. The van der Waals surface area contributed by atoms with Crippen LogP contribution in [0.3, 0.4) is 0 Å². The van der Waals surface area contributed by atoms with Crippen LogP contribution in [-0.2, 0) is 4.79 Å². The molecule has 0 aliphatic heterocycles. The highest BCUT2D eigenvalue weighted by Crippen LogP contribution is 2.18. The maximum absolute atomic E-state index is 12.5. The van der Waals surface area contributed by atoms with Crippen molar-refractivity contribution in [2.24, 2.45) is 4.99 Å². The van der Waals surface area contributed by atoms with Crippen molar-refractivity contribution in [3.8, 4) is 0 Å². The van der Waals surface area contributed by atoms with E-state index in [0.29, 0.717) is 17.8 Å². The van der Waals surface area contributed by atoms with E-state index in [1.807, 2.05) is 37.3 Å². The van der Waals surface area contributed by atoms with E-state index < -0.39 is 0 Å². The van der Waals surface area contributed by atoms with Gasteiger partial charge in [0.05, 0.1) is 5.69 Å². The van der Waals surface area contributed by atoms with Crippen LogP contribution in [0, 0.1) is 0 Å². The lowest BCUT2D eigenvalue weighted by molar-refractivity contribution is 0.0988. The summed E-state index contributed by atoms with van der Waals surface area (Å²) < 4.78 is 0. The Morgan fingerprint density at radius 3 is 2.30 bits per heavy atom. The molecule has 100 valence electrons. The quantitative estimate of drug-likeness (QED) is 0.629. The Morgan fingerprint density at radius 2 is 1.75 bits per heavy atom. The Kier molecular flexibility index (Phi) is 4.43. The number of para-hydroxylation sites is 1. The molecule has 4 nitrogen and oxygen atoms in total. The van der Waals surface area contributed by atoms with Crippen molar-refractivity contribution in [3.05, 3.63) is 60.2 Å². The smallest absolute Gasteiger partial charge is 0.258 e. The van der Waals surface area contributed by atoms with E-state index in [0.717, 1.165) is 5.69 Å². The lowest BCUT2D eigenvalue weighted by atomic mass is 10.1. The first-order valence-corrected chi connectivity index (χ1v) is 6.31. The van der Waals surface area contributed by atoms with Crippen LogP contribution < -0.4 is 4.90 Å². The third kappa shape index (κ3) is 2.99. The molecule has 20 heavy (non-hydrogen) atoms. The maximum atomic E-state index is 12.5. The molecule has 0 radical (unpaired) electrons. The Bertz CT molecular complexity index is 629. The Morgan fingerprint density at radius 1 is 1.10 bits per heavy atom. The molecule has 0 aliphatic rings. The second-order valence-electron chi connectivity index (χ2n) is 4.13. The van der Waals surface area contributed by atoms with Gasteiger partial charge in [0, 0.05) is 17.8 Å². The molecule has 0 bridgehead atoms. The number of aliphatic imine (C=N–C) groups is 1. The topological polar surface area (TPSA) is 49.7 Å². The van der Waals surface area contributed by atoms with Gasteiger partial charge in [-0.05, 0) is 43.3 Å². The van der Waals surface area contributed by atoms with Crippen molar-refractivity contribution in [1.29, 1.82) is 0 Å². The van der Waals surface area contributed by atoms with Crippen molar-refractivity contribution in [2.75, 3.05) is 11.4 Å². The largest absolute Gasteiger partial charge is 0.309 e. The molecular formula is C16H14N2O2. The van der Waals surface area contributed by atoms with Gasteiger partial charge in [0.1, 0.15) is 0 Å². The SMILES string of the molecule is CCN(C(=O)c1ccc(N=C=O)cc1)c1ccccc1. The first-order chi connectivity index (χ1) is 9.76. The number of hydrogen-bond donors (Lipinski definition) is 0. The van der Waals surface area contributed by atoms with E-state index in [1.54, 1.807) is 29.2 Å². The maximum Gasteiger partial charge on any atom is 0.258 e. The van der Waals surface area contributed by atoms with E-state index in [2.05, 4.69) is 4.99 Å². The van der Waals surface area contributed by atoms with Gasteiger partial charge in [-0.1, -0.05) is 18.2 Å². The van der Waals surface area contributed by atoms with Crippen LogP contribution in [0.5, 0.6) is 0 Å². The van der Waals surface area contributed by atoms with Gasteiger partial charge >= 0.3 is 0 Å². The van der Waals surface area contributed by atoms with E-state index in [-0.39, 0.29) is 5.91 Å². The van der Waals surface area contributed by atoms with E-state index in [9.17, 15) is 9.59 Å². The molecule has 0 fully saturated rings. The molecule has 0 aromatic heterocycles. The molecule has 0 saturated heterocycles. The summed E-state index contributed by atoms with van der Waals surface area (Å²) in [5, 5.41) is 0. The minimum Gasteiger partial charge on any atom is -0.309 e. The number of anilines is 1. The van der Waals surface area contributed by atoms with Gasteiger partial charge in [-0.2, -0.15) is 4.99 Å². The number of isocyanates is 1. The summed E-state index contributed by atoms with van der Waals surface area (Å²) in [6.07, 6.45) is 1.47. The van der Waals surface area contributed by atoms with E-state index >= 15 is 0 Å². The highest BCUT2D eigenvalue weighted by Gasteiger charge is 2.15. The van der Waals surface area contributed by atoms with Gasteiger partial charge in [-0.15, -0.1) is 0 Å². The number of amides is 1. The fourth-order valence-electron chi connectivity index (χ4n) is 1.94. The Balaban J connectivity index is 2.27. The summed E-state index contributed by atoms with van der Waals surface area (Å²) in [7, 11) is 0. The minimum absolute atomic E-state index is 0.0830. The fourth-order valence-corrected chi connectivity index (χ4v) is 1.94. The third-order valence-electron chi connectivity index (χ3n) is 2.92. The summed E-state index contributed by atoms with van der Waals surface area (Å²) in [6.45, 7) is 2.51. The minimum atomic E-state index is -0.0830. The first kappa shape index (κ1) is 13.7. The molecule has 2 aromatic rings. The normalized spacial score (nSPS) is 9.65. The lowest BCUT2D eigenvalue weighted by Crippen LogP contribution is -2.30. The molecule has 2 rings (SSSR count). The number of benzene rings is 2. The van der Waals surface area contributed by atoms with Crippen LogP contribution in [0.25, 0.3) is 0 Å². The zero-order chi connectivity index (χ0) is 14.4. The van der Waals surface area contributed by atoms with Crippen LogP contribution in [0.15, 0.2) is 59.6 Å². The van der Waals surface area contributed by atoms with E-state index in [4.69, 9.17) is 0 Å². The molecule has 4 heteroatoms. The Labute approximate surface area is 117 Å². The van der Waals surface area contributed by atoms with Crippen molar-refractivity contribution in [3.63, 3.8) is 0 Å². The third-order valence-corrected chi connectivity index (χ3v) is 2.92. The molecule has 0 atom stereocenters. The predicted molar refractivity (Wildman–Crippen MR) is 78.0 cm³/mol. The van der Waals surface area contributed by atoms with Gasteiger partial charge in [0.2, 0.25) is 6.08 Å². The molecule has 0 aliphatic carbocycles. The summed E-state index contributed by atoms with van der Waals surface area (Å²) in [4.78, 5) is 27.8. The highest BCUT2D eigenvalue weighted by molar-refractivity contribution is 6.06. The van der Waals surface area contributed by atoms with Gasteiger partial charge in [0.25, 0.3) is 5.91 Å². The average Bonchev–Trinajstić information content (AvgIpc) is 2.50. The molecule has 2 aromatic carbocycles. The predicted octanol–water partition coefficient (Wildman–Crippen LogP) is 3.32. The Hall–Kier alpha value is -2.71. The van der Waals surface area contributed by atoms with Gasteiger partial charge in [-0.3, -0.25) is 4.79 Å². The van der Waals surface area contributed by atoms with Crippen LogP contribution in [0.1, 0.15) is 17.3 Å². The van der Waals surface area contributed by atoms with Crippen molar-refractivity contribution >= 4 is 23.4 Å². The average molecular weight is 266 g/mol. The van der Waals surface area contributed by atoms with Crippen molar-refractivity contribution in [2.45, 2.75) is 6.92 Å². The summed E-state index contributed by atoms with van der Waals surface area (Å²) in [6, 6.07) is 16.1. The molecule has 0 N–H and O–H groups in total.